The molecule has 0 saturated carbocycles. The minimum absolute atomic E-state index is 0.238. The third-order valence-corrected chi connectivity index (χ3v) is 7.32. The van der Waals surface area contributed by atoms with Crippen LogP contribution >= 0.6 is 0 Å². The molecule has 0 unspecified atom stereocenters. The van der Waals surface area contributed by atoms with Gasteiger partial charge in [0.05, 0.1) is 4.92 Å². The summed E-state index contributed by atoms with van der Waals surface area (Å²) >= 11 is 0. The molecule has 138 valence electrons. The maximum absolute atomic E-state index is 13.3. The van der Waals surface area contributed by atoms with E-state index < -0.39 is 32.2 Å². The average molecular weight is 383 g/mol. The summed E-state index contributed by atoms with van der Waals surface area (Å²) in [6.45, 7) is 0.238. The van der Waals surface area contributed by atoms with Gasteiger partial charge in [0, 0.05) is 30.1 Å². The predicted octanol–water partition coefficient (Wildman–Crippen LogP) is 2.70. The molecule has 4 rings (SSSR count). The number of hydrogen-bond donors (Lipinski definition) is 1. The van der Waals surface area contributed by atoms with E-state index in [2.05, 4.69) is 11.2 Å². The van der Waals surface area contributed by atoms with Crippen molar-refractivity contribution >= 4 is 21.4 Å². The third-order valence-electron chi connectivity index (χ3n) is 5.41. The Balaban J connectivity index is 1.82. The van der Waals surface area contributed by atoms with Crippen LogP contribution in [0.15, 0.2) is 53.4 Å². The molecule has 2 atom stereocenters. The number of anilines is 1. The number of rotatable bonds is 4. The first-order valence-electron chi connectivity index (χ1n) is 8.46. The van der Waals surface area contributed by atoms with Gasteiger partial charge in [-0.15, -0.1) is 12.3 Å². The first kappa shape index (κ1) is 17.5. The zero-order valence-corrected chi connectivity index (χ0v) is 15.1. The summed E-state index contributed by atoms with van der Waals surface area (Å²) in [5.41, 5.74) is 0.873. The lowest BCUT2D eigenvalue weighted by atomic mass is 9.77. The second-order valence-electron chi connectivity index (χ2n) is 6.72. The molecule has 0 radical (unpaired) electrons. The highest BCUT2D eigenvalue weighted by Crippen LogP contribution is 2.52. The van der Waals surface area contributed by atoms with Gasteiger partial charge in [0.2, 0.25) is 0 Å². The molecule has 27 heavy (non-hydrogen) atoms. The number of nitro groups is 1. The van der Waals surface area contributed by atoms with Crippen LogP contribution in [0, 0.1) is 22.5 Å². The summed E-state index contributed by atoms with van der Waals surface area (Å²) in [5.74, 6) is 2.68. The van der Waals surface area contributed by atoms with Gasteiger partial charge in [-0.05, 0) is 24.1 Å². The van der Waals surface area contributed by atoms with Crippen LogP contribution in [0.25, 0.3) is 0 Å². The number of para-hydroxylation sites is 2. The van der Waals surface area contributed by atoms with Crippen LogP contribution in [0.5, 0.6) is 0 Å². The summed E-state index contributed by atoms with van der Waals surface area (Å²) < 4.78 is 28.0. The predicted molar refractivity (Wildman–Crippen MR) is 101 cm³/mol. The Morgan fingerprint density at radius 3 is 2.70 bits per heavy atom. The topological polar surface area (TPSA) is 92.5 Å². The van der Waals surface area contributed by atoms with E-state index >= 15 is 0 Å². The summed E-state index contributed by atoms with van der Waals surface area (Å²) in [6, 6.07) is 13.0. The van der Waals surface area contributed by atoms with E-state index in [4.69, 9.17) is 6.42 Å². The van der Waals surface area contributed by atoms with Crippen molar-refractivity contribution in [1.82, 2.24) is 4.31 Å². The molecule has 2 heterocycles. The Morgan fingerprint density at radius 2 is 1.96 bits per heavy atom. The molecule has 0 aromatic heterocycles. The molecule has 0 aliphatic carbocycles. The van der Waals surface area contributed by atoms with Crippen molar-refractivity contribution in [2.24, 2.45) is 0 Å². The molecule has 2 aromatic carbocycles. The normalized spacial score (nSPS) is 23.9. The zero-order chi connectivity index (χ0) is 19.2. The maximum Gasteiger partial charge on any atom is 0.289 e. The molecule has 1 N–H and O–H groups in total. The second-order valence-corrected chi connectivity index (χ2v) is 8.58. The van der Waals surface area contributed by atoms with Gasteiger partial charge in [0.15, 0.2) is 4.90 Å². The van der Waals surface area contributed by atoms with Crippen molar-refractivity contribution in [2.75, 3.05) is 11.9 Å². The molecule has 1 fully saturated rings. The highest BCUT2D eigenvalue weighted by molar-refractivity contribution is 7.89. The van der Waals surface area contributed by atoms with E-state index in [1.807, 2.05) is 24.3 Å². The summed E-state index contributed by atoms with van der Waals surface area (Å²) in [6.07, 6.45) is 5.96. The maximum atomic E-state index is 13.3. The van der Waals surface area contributed by atoms with E-state index in [0.717, 1.165) is 11.3 Å². The van der Waals surface area contributed by atoms with Crippen LogP contribution in [-0.2, 0) is 15.4 Å². The van der Waals surface area contributed by atoms with Crippen LogP contribution in [0.4, 0.5) is 11.4 Å². The molecule has 0 bridgehead atoms. The second kappa shape index (κ2) is 6.08. The molecule has 0 amide bonds. The zero-order valence-electron chi connectivity index (χ0n) is 14.3. The minimum Gasteiger partial charge on any atom is -0.368 e. The fourth-order valence-corrected chi connectivity index (χ4v) is 5.98. The molecule has 2 aromatic rings. The van der Waals surface area contributed by atoms with Crippen molar-refractivity contribution in [3.8, 4) is 12.3 Å². The minimum atomic E-state index is -4.08. The largest absolute Gasteiger partial charge is 0.368 e. The first-order chi connectivity index (χ1) is 12.9. The SMILES string of the molecule is C#CC[C@@]12CCN(S(=O)(=O)c3ccccc3[N+](=O)[O-])[C@@H]1Nc1ccccc12. The van der Waals surface area contributed by atoms with Crippen LogP contribution < -0.4 is 5.32 Å². The van der Waals surface area contributed by atoms with Crippen LogP contribution in [-0.4, -0.2) is 30.4 Å². The van der Waals surface area contributed by atoms with Crippen molar-refractivity contribution in [2.45, 2.75) is 29.3 Å². The summed E-state index contributed by atoms with van der Waals surface area (Å²) in [4.78, 5) is 10.4. The lowest BCUT2D eigenvalue weighted by molar-refractivity contribution is -0.387. The molecule has 2 aliphatic rings. The number of sulfonamides is 1. The number of nitrogens with one attached hydrogen (secondary N) is 1. The summed E-state index contributed by atoms with van der Waals surface area (Å²) in [5, 5.41) is 14.6. The third kappa shape index (κ3) is 2.43. The Bertz CT molecular complexity index is 1080. The Hall–Kier alpha value is -2.89. The van der Waals surface area contributed by atoms with E-state index in [1.165, 1.54) is 28.6 Å². The Kier molecular flexibility index (Phi) is 3.94. The molecular formula is C19H17N3O4S. The van der Waals surface area contributed by atoms with Gasteiger partial charge in [-0.2, -0.15) is 4.31 Å². The summed E-state index contributed by atoms with van der Waals surface area (Å²) in [7, 11) is -4.08. The number of fused-ring (bicyclic) bond motifs is 3. The standard InChI is InChI=1S/C19H17N3O4S/c1-2-11-19-12-13-21(18(19)20-15-8-4-3-7-14(15)19)27(25,26)17-10-6-5-9-16(17)22(23)24/h1,3-10,18,20H,11-13H2/t18-,19-/m0/s1. The van der Waals surface area contributed by atoms with E-state index in [-0.39, 0.29) is 11.4 Å². The number of benzene rings is 2. The van der Waals surface area contributed by atoms with Gasteiger partial charge in [-0.3, -0.25) is 10.1 Å². The molecule has 8 heteroatoms. The van der Waals surface area contributed by atoms with Crippen LogP contribution in [0.2, 0.25) is 0 Å². The highest BCUT2D eigenvalue weighted by atomic mass is 32.2. The lowest BCUT2D eigenvalue weighted by Gasteiger charge is -2.30. The fraction of sp³-hybridized carbons (Fsp3) is 0.263. The Labute approximate surface area is 157 Å². The van der Waals surface area contributed by atoms with Crippen LogP contribution in [0.1, 0.15) is 18.4 Å². The number of nitrogens with zero attached hydrogens (tertiary/aromatic N) is 2. The first-order valence-corrected chi connectivity index (χ1v) is 9.90. The van der Waals surface area contributed by atoms with Crippen molar-refractivity contribution < 1.29 is 13.3 Å². The molecule has 0 spiro atoms. The number of nitro benzene ring substituents is 1. The molecule has 1 saturated heterocycles. The average Bonchev–Trinajstić information content (AvgIpc) is 3.16. The van der Waals surface area contributed by atoms with Gasteiger partial charge in [0.1, 0.15) is 6.17 Å². The van der Waals surface area contributed by atoms with Gasteiger partial charge in [-0.1, -0.05) is 30.3 Å². The molecular weight excluding hydrogens is 366 g/mol. The number of hydrogen-bond acceptors (Lipinski definition) is 5. The molecule has 2 aliphatic heterocycles. The molecule has 7 nitrogen and oxygen atoms in total. The van der Waals surface area contributed by atoms with Crippen LogP contribution in [0.3, 0.4) is 0 Å². The van der Waals surface area contributed by atoms with Gasteiger partial charge in [0.25, 0.3) is 15.7 Å². The van der Waals surface area contributed by atoms with Gasteiger partial charge in [-0.25, -0.2) is 8.42 Å². The number of terminal acetylenes is 1. The smallest absolute Gasteiger partial charge is 0.289 e. The van der Waals surface area contributed by atoms with E-state index in [0.29, 0.717) is 12.8 Å². The van der Waals surface area contributed by atoms with Gasteiger partial charge < -0.3 is 5.32 Å². The van der Waals surface area contributed by atoms with Crippen molar-refractivity contribution in [3.63, 3.8) is 0 Å². The lowest BCUT2D eigenvalue weighted by Crippen LogP contribution is -2.46. The quantitative estimate of drug-likeness (QED) is 0.498. The fourth-order valence-electron chi connectivity index (χ4n) is 4.21. The van der Waals surface area contributed by atoms with Gasteiger partial charge >= 0.3 is 0 Å². The van der Waals surface area contributed by atoms with Crippen molar-refractivity contribution in [1.29, 1.82) is 0 Å². The van der Waals surface area contributed by atoms with Crippen molar-refractivity contribution in [3.05, 3.63) is 64.2 Å². The van der Waals surface area contributed by atoms with E-state index in [1.54, 1.807) is 0 Å². The Morgan fingerprint density at radius 1 is 1.26 bits per heavy atom. The van der Waals surface area contributed by atoms with E-state index in [9.17, 15) is 18.5 Å². The highest BCUT2D eigenvalue weighted by Gasteiger charge is 2.57. The monoisotopic (exact) mass is 383 g/mol.